The molecule has 2 aromatic heterocycles. The number of aromatic carboxylic acids is 1. The van der Waals surface area contributed by atoms with Crippen molar-refractivity contribution >= 4 is 23.8 Å². The van der Waals surface area contributed by atoms with Gasteiger partial charge in [-0.25, -0.2) is 19.6 Å². The van der Waals surface area contributed by atoms with Gasteiger partial charge in [-0.1, -0.05) is 27.7 Å². The average molecular weight is 647 g/mol. The van der Waals surface area contributed by atoms with Crippen molar-refractivity contribution < 1.29 is 37.9 Å². The van der Waals surface area contributed by atoms with Crippen molar-refractivity contribution in [1.82, 2.24) is 19.8 Å². The number of rotatable bonds is 14. The van der Waals surface area contributed by atoms with Gasteiger partial charge in [0.05, 0.1) is 30.6 Å². The van der Waals surface area contributed by atoms with E-state index in [1.165, 1.54) is 44.2 Å². The van der Waals surface area contributed by atoms with Gasteiger partial charge >= 0.3 is 11.9 Å². The van der Waals surface area contributed by atoms with Crippen molar-refractivity contribution in [3.8, 4) is 22.9 Å². The van der Waals surface area contributed by atoms with Crippen LogP contribution in [0.25, 0.3) is 22.9 Å². The standard InChI is InChI=1S/C18H22N2O4.C17H20N2O4/c1-4-7-20(8-5-2)17(21)14-10-13(16-19-6-9-24-16)11-15(12-14)18(22)23-3;1-3-6-19(7-4-2)16(20)13-9-12(15-18-5-8-23-15)10-14(11-13)17(21)22/h6,9-12H,4-5,7-8H2,1-3H3;5,8-11H,3-4,6-7H2,1-2H3,(H,21,22). The molecule has 1 N–H and O–H groups in total. The van der Waals surface area contributed by atoms with Crippen molar-refractivity contribution in [2.24, 2.45) is 0 Å². The summed E-state index contributed by atoms with van der Waals surface area (Å²) < 4.78 is 15.3. The predicted molar refractivity (Wildman–Crippen MR) is 175 cm³/mol. The number of carboxylic acids is 1. The number of carbonyl (C=O) groups excluding carboxylic acids is 3. The molecule has 0 radical (unpaired) electrons. The number of hydrogen-bond donors (Lipinski definition) is 1. The summed E-state index contributed by atoms with van der Waals surface area (Å²) >= 11 is 0. The summed E-state index contributed by atoms with van der Waals surface area (Å²) in [6.07, 6.45) is 9.28. The Bertz CT molecular complexity index is 1600. The van der Waals surface area contributed by atoms with E-state index in [2.05, 4.69) is 9.97 Å². The van der Waals surface area contributed by atoms with Crippen molar-refractivity contribution in [3.63, 3.8) is 0 Å². The highest BCUT2D eigenvalue weighted by Crippen LogP contribution is 2.24. The maximum Gasteiger partial charge on any atom is 0.337 e. The smallest absolute Gasteiger partial charge is 0.337 e. The number of nitrogens with zero attached hydrogens (tertiary/aromatic N) is 4. The van der Waals surface area contributed by atoms with Crippen molar-refractivity contribution in [3.05, 3.63) is 83.6 Å². The van der Waals surface area contributed by atoms with Crippen LogP contribution in [0.1, 0.15) is 94.8 Å². The zero-order valence-corrected chi connectivity index (χ0v) is 27.5. The van der Waals surface area contributed by atoms with Crippen molar-refractivity contribution in [1.29, 1.82) is 0 Å². The number of carboxylic acid groups (broad SMARTS) is 1. The fourth-order valence-corrected chi connectivity index (χ4v) is 4.91. The zero-order chi connectivity index (χ0) is 34.3. The minimum Gasteiger partial charge on any atom is -0.478 e. The molecule has 0 bridgehead atoms. The van der Waals surface area contributed by atoms with Crippen LogP contribution >= 0.6 is 0 Å². The Morgan fingerprint density at radius 1 is 0.638 bits per heavy atom. The highest BCUT2D eigenvalue weighted by Gasteiger charge is 2.21. The average Bonchev–Trinajstić information content (AvgIpc) is 3.83. The number of benzene rings is 2. The molecule has 4 aromatic rings. The molecule has 12 nitrogen and oxygen atoms in total. The number of esters is 1. The summed E-state index contributed by atoms with van der Waals surface area (Å²) in [5.41, 5.74) is 2.14. The van der Waals surface area contributed by atoms with E-state index in [0.717, 1.165) is 25.7 Å². The Hall–Kier alpha value is -5.26. The van der Waals surface area contributed by atoms with Gasteiger partial charge in [0.25, 0.3) is 11.8 Å². The first-order valence-electron chi connectivity index (χ1n) is 15.7. The Labute approximate surface area is 274 Å². The lowest BCUT2D eigenvalue weighted by molar-refractivity contribution is 0.0599. The monoisotopic (exact) mass is 646 g/mol. The van der Waals surface area contributed by atoms with Gasteiger partial charge < -0.3 is 28.5 Å². The van der Waals surface area contributed by atoms with E-state index in [-0.39, 0.29) is 17.4 Å². The highest BCUT2D eigenvalue weighted by atomic mass is 16.5. The molecular weight excluding hydrogens is 604 g/mol. The second-order valence-electron chi connectivity index (χ2n) is 10.7. The number of carbonyl (C=O) groups is 4. The molecule has 250 valence electrons. The molecule has 12 heteroatoms. The first-order valence-corrected chi connectivity index (χ1v) is 15.7. The largest absolute Gasteiger partial charge is 0.478 e. The number of amides is 2. The second kappa shape index (κ2) is 18.0. The Morgan fingerprint density at radius 2 is 1.02 bits per heavy atom. The van der Waals surface area contributed by atoms with Crippen LogP contribution in [0.2, 0.25) is 0 Å². The maximum atomic E-state index is 12.8. The number of hydrogen-bond acceptors (Lipinski definition) is 9. The predicted octanol–water partition coefficient (Wildman–Crippen LogP) is 6.69. The molecule has 0 spiro atoms. The lowest BCUT2D eigenvalue weighted by atomic mass is 10.0. The number of aromatic nitrogens is 2. The van der Waals surface area contributed by atoms with E-state index in [9.17, 15) is 24.3 Å². The summed E-state index contributed by atoms with van der Waals surface area (Å²) in [6.45, 7) is 10.7. The number of ether oxygens (including phenoxy) is 1. The van der Waals surface area contributed by atoms with Gasteiger partial charge in [-0.3, -0.25) is 9.59 Å². The molecule has 0 aliphatic rings. The molecule has 0 aliphatic carbocycles. The third-order valence-electron chi connectivity index (χ3n) is 6.94. The zero-order valence-electron chi connectivity index (χ0n) is 27.5. The van der Waals surface area contributed by atoms with Crippen LogP contribution in [0.15, 0.2) is 70.2 Å². The maximum absolute atomic E-state index is 12.8. The van der Waals surface area contributed by atoms with Gasteiger partial charge in [-0.2, -0.15) is 0 Å². The molecule has 0 unspecified atom stereocenters. The first kappa shape index (κ1) is 36.2. The summed E-state index contributed by atoms with van der Waals surface area (Å²) in [5, 5.41) is 9.28. The van der Waals surface area contributed by atoms with Crippen LogP contribution in [0, 0.1) is 0 Å². The Morgan fingerprint density at radius 3 is 1.36 bits per heavy atom. The molecule has 0 saturated carbocycles. The van der Waals surface area contributed by atoms with Gasteiger partial charge in [0, 0.05) is 48.4 Å². The van der Waals surface area contributed by atoms with E-state index >= 15 is 0 Å². The lowest BCUT2D eigenvalue weighted by Gasteiger charge is -2.22. The van der Waals surface area contributed by atoms with Crippen LogP contribution in [-0.2, 0) is 4.74 Å². The van der Waals surface area contributed by atoms with Crippen LogP contribution < -0.4 is 0 Å². The Balaban J connectivity index is 0.000000256. The third kappa shape index (κ3) is 9.86. The van der Waals surface area contributed by atoms with E-state index in [1.54, 1.807) is 34.1 Å². The molecule has 2 heterocycles. The van der Waals surface area contributed by atoms with E-state index in [1.807, 2.05) is 27.7 Å². The molecule has 47 heavy (non-hydrogen) atoms. The Kier molecular flexibility index (Phi) is 13.9. The minimum absolute atomic E-state index is 0.0389. The van der Waals surface area contributed by atoms with Gasteiger partial charge in [-0.05, 0) is 62.1 Å². The molecule has 0 saturated heterocycles. The quantitative estimate of drug-likeness (QED) is 0.146. The van der Waals surface area contributed by atoms with Crippen LogP contribution in [0.4, 0.5) is 0 Å². The van der Waals surface area contributed by atoms with E-state index in [0.29, 0.717) is 65.8 Å². The van der Waals surface area contributed by atoms with Gasteiger partial charge in [0.15, 0.2) is 0 Å². The fourth-order valence-electron chi connectivity index (χ4n) is 4.91. The van der Waals surface area contributed by atoms with Crippen LogP contribution in [0.3, 0.4) is 0 Å². The van der Waals surface area contributed by atoms with E-state index in [4.69, 9.17) is 13.6 Å². The topological polar surface area (TPSA) is 156 Å². The molecule has 0 fully saturated rings. The highest BCUT2D eigenvalue weighted by molar-refractivity contribution is 6.00. The van der Waals surface area contributed by atoms with Gasteiger partial charge in [0.1, 0.15) is 12.5 Å². The fraction of sp³-hybridized carbons (Fsp3) is 0.371. The van der Waals surface area contributed by atoms with Crippen LogP contribution in [0.5, 0.6) is 0 Å². The third-order valence-corrected chi connectivity index (χ3v) is 6.94. The van der Waals surface area contributed by atoms with Crippen molar-refractivity contribution in [2.75, 3.05) is 33.3 Å². The molecular formula is C35H42N4O8. The number of methoxy groups -OCH3 is 1. The summed E-state index contributed by atoms with van der Waals surface area (Å²) in [7, 11) is 1.31. The van der Waals surface area contributed by atoms with Crippen LogP contribution in [-0.4, -0.2) is 81.9 Å². The molecule has 0 atom stereocenters. The lowest BCUT2D eigenvalue weighted by Crippen LogP contribution is -2.32. The molecule has 0 aliphatic heterocycles. The summed E-state index contributed by atoms with van der Waals surface area (Å²) in [5.74, 6) is -1.24. The summed E-state index contributed by atoms with van der Waals surface area (Å²) in [6, 6.07) is 9.33. The number of oxazole rings is 2. The SMILES string of the molecule is CCCN(CCC)C(=O)c1cc(C(=O)O)cc(-c2ncco2)c1.CCCN(CCC)C(=O)c1cc(C(=O)OC)cc(-c2ncco2)c1. The van der Waals surface area contributed by atoms with Gasteiger partial charge in [-0.15, -0.1) is 0 Å². The molecule has 2 aromatic carbocycles. The van der Waals surface area contributed by atoms with E-state index < -0.39 is 11.9 Å². The van der Waals surface area contributed by atoms with Crippen molar-refractivity contribution in [2.45, 2.75) is 53.4 Å². The second-order valence-corrected chi connectivity index (χ2v) is 10.7. The first-order chi connectivity index (χ1) is 22.7. The molecule has 2 amide bonds. The van der Waals surface area contributed by atoms with Gasteiger partial charge in [0.2, 0.25) is 11.8 Å². The normalized spacial score (nSPS) is 10.5. The minimum atomic E-state index is -1.09. The molecule has 4 rings (SSSR count). The summed E-state index contributed by atoms with van der Waals surface area (Å²) in [4.78, 5) is 60.4.